The summed E-state index contributed by atoms with van der Waals surface area (Å²) in [5.41, 5.74) is 0.702. The van der Waals surface area contributed by atoms with E-state index in [1.807, 2.05) is 0 Å². The van der Waals surface area contributed by atoms with Crippen molar-refractivity contribution in [3.05, 3.63) is 28.2 Å². The Morgan fingerprint density at radius 2 is 1.94 bits per heavy atom. The zero-order valence-corrected chi connectivity index (χ0v) is 10.9. The van der Waals surface area contributed by atoms with Gasteiger partial charge in [0.15, 0.2) is 0 Å². The number of hydrogen-bond donors (Lipinski definition) is 0. The fourth-order valence-electron chi connectivity index (χ4n) is 1.12. The molecule has 0 saturated heterocycles. The van der Waals surface area contributed by atoms with Crippen LogP contribution in [0.4, 0.5) is 13.2 Å². The van der Waals surface area contributed by atoms with E-state index in [0.29, 0.717) is 15.8 Å². The van der Waals surface area contributed by atoms with Gasteiger partial charge in [-0.2, -0.15) is 0 Å². The highest BCUT2D eigenvalue weighted by atomic mass is 79.9. The molecule has 0 fully saturated rings. The van der Waals surface area contributed by atoms with E-state index in [1.165, 1.54) is 0 Å². The van der Waals surface area contributed by atoms with Gasteiger partial charge >= 0.3 is 6.36 Å². The number of para-hydroxylation sites is 1. The maximum absolute atomic E-state index is 11.7. The Bertz CT molecular complexity index is 371. The summed E-state index contributed by atoms with van der Waals surface area (Å²) in [4.78, 5) is 0. The summed E-state index contributed by atoms with van der Waals surface area (Å²) in [7, 11) is 0. The van der Waals surface area contributed by atoms with Gasteiger partial charge in [-0.15, -0.1) is 24.8 Å². The summed E-state index contributed by atoms with van der Waals surface area (Å²) >= 11 is 8.91. The molecular formula is C10H9BrClF3O2. The molecule has 1 aromatic rings. The number of alkyl halides is 4. The highest BCUT2D eigenvalue weighted by molar-refractivity contribution is 9.10. The van der Waals surface area contributed by atoms with E-state index >= 15 is 0 Å². The lowest BCUT2D eigenvalue weighted by Gasteiger charge is -2.12. The minimum Gasteiger partial charge on any atom is -0.490 e. The first-order chi connectivity index (χ1) is 7.94. The van der Waals surface area contributed by atoms with E-state index < -0.39 is 13.0 Å². The molecule has 2 nitrogen and oxygen atoms in total. The highest BCUT2D eigenvalue weighted by Crippen LogP contribution is 2.30. The van der Waals surface area contributed by atoms with Crippen molar-refractivity contribution in [1.29, 1.82) is 0 Å². The Hall–Kier alpha value is -0.460. The van der Waals surface area contributed by atoms with Crippen LogP contribution in [0.2, 0.25) is 0 Å². The van der Waals surface area contributed by atoms with E-state index in [4.69, 9.17) is 16.3 Å². The van der Waals surface area contributed by atoms with Gasteiger partial charge in [-0.1, -0.05) is 12.1 Å². The van der Waals surface area contributed by atoms with Crippen molar-refractivity contribution in [3.63, 3.8) is 0 Å². The molecule has 0 amide bonds. The fourth-order valence-corrected chi connectivity index (χ4v) is 1.85. The number of rotatable bonds is 5. The molecule has 0 heterocycles. The average Bonchev–Trinajstić information content (AvgIpc) is 2.24. The van der Waals surface area contributed by atoms with Gasteiger partial charge in [-0.05, 0) is 22.0 Å². The second-order valence-corrected chi connectivity index (χ2v) is 4.13. The van der Waals surface area contributed by atoms with Crippen molar-refractivity contribution >= 4 is 27.5 Å². The summed E-state index contributed by atoms with van der Waals surface area (Å²) < 4.78 is 44.5. The normalized spacial score (nSPS) is 11.6. The molecule has 0 bridgehead atoms. The summed E-state index contributed by atoms with van der Waals surface area (Å²) in [6, 6.07) is 5.22. The molecule has 0 aromatic heterocycles. The standard InChI is InChI=1S/C10H9BrClF3O2/c11-8-3-1-2-7(6-12)9(8)16-4-5-17-10(13,14)15/h1-3H,4-6H2. The molecule has 17 heavy (non-hydrogen) atoms. The molecule has 1 rings (SSSR count). The second kappa shape index (κ2) is 6.47. The lowest BCUT2D eigenvalue weighted by molar-refractivity contribution is -0.325. The Balaban J connectivity index is 2.52. The molecule has 0 aliphatic rings. The SMILES string of the molecule is FC(F)(F)OCCOc1c(Br)cccc1CCl. The van der Waals surface area contributed by atoms with Crippen LogP contribution in [0.25, 0.3) is 0 Å². The predicted molar refractivity (Wildman–Crippen MR) is 61.2 cm³/mol. The van der Waals surface area contributed by atoms with Crippen molar-refractivity contribution in [1.82, 2.24) is 0 Å². The summed E-state index contributed by atoms with van der Waals surface area (Å²) in [5, 5.41) is 0. The van der Waals surface area contributed by atoms with Gasteiger partial charge < -0.3 is 4.74 Å². The number of ether oxygens (including phenoxy) is 2. The maximum Gasteiger partial charge on any atom is 0.522 e. The van der Waals surface area contributed by atoms with Gasteiger partial charge in [-0.3, -0.25) is 4.74 Å². The van der Waals surface area contributed by atoms with Gasteiger partial charge in [0.2, 0.25) is 0 Å². The molecule has 7 heteroatoms. The van der Waals surface area contributed by atoms with Crippen LogP contribution in [-0.2, 0) is 10.6 Å². The van der Waals surface area contributed by atoms with Crippen LogP contribution in [-0.4, -0.2) is 19.6 Å². The fraction of sp³-hybridized carbons (Fsp3) is 0.400. The van der Waals surface area contributed by atoms with Crippen LogP contribution < -0.4 is 4.74 Å². The lowest BCUT2D eigenvalue weighted by Crippen LogP contribution is -2.18. The summed E-state index contributed by atoms with van der Waals surface area (Å²) in [6.07, 6.45) is -4.63. The van der Waals surface area contributed by atoms with Gasteiger partial charge in [0.05, 0.1) is 17.0 Å². The average molecular weight is 334 g/mol. The van der Waals surface area contributed by atoms with E-state index in [-0.39, 0.29) is 12.5 Å². The largest absolute Gasteiger partial charge is 0.522 e. The van der Waals surface area contributed by atoms with Gasteiger partial charge in [0.25, 0.3) is 0 Å². The molecule has 0 aliphatic carbocycles. The van der Waals surface area contributed by atoms with Gasteiger partial charge in [0.1, 0.15) is 12.4 Å². The Morgan fingerprint density at radius 1 is 1.24 bits per heavy atom. The van der Waals surface area contributed by atoms with E-state index in [1.54, 1.807) is 18.2 Å². The summed E-state index contributed by atoms with van der Waals surface area (Å²) in [6.45, 7) is -0.765. The van der Waals surface area contributed by atoms with Crippen LogP contribution >= 0.6 is 27.5 Å². The zero-order valence-electron chi connectivity index (χ0n) is 8.56. The van der Waals surface area contributed by atoms with Crippen LogP contribution in [0, 0.1) is 0 Å². The van der Waals surface area contributed by atoms with Crippen molar-refractivity contribution in [2.45, 2.75) is 12.2 Å². The number of benzene rings is 1. The molecule has 0 radical (unpaired) electrons. The van der Waals surface area contributed by atoms with Crippen LogP contribution in [0.15, 0.2) is 22.7 Å². The Morgan fingerprint density at radius 3 is 2.53 bits per heavy atom. The highest BCUT2D eigenvalue weighted by Gasteiger charge is 2.28. The molecule has 0 N–H and O–H groups in total. The third kappa shape index (κ3) is 5.14. The van der Waals surface area contributed by atoms with Gasteiger partial charge in [0, 0.05) is 5.56 Å². The van der Waals surface area contributed by atoms with Crippen molar-refractivity contribution < 1.29 is 22.6 Å². The van der Waals surface area contributed by atoms with Gasteiger partial charge in [-0.25, -0.2) is 0 Å². The second-order valence-electron chi connectivity index (χ2n) is 3.00. The molecule has 0 spiro atoms. The van der Waals surface area contributed by atoms with E-state index in [9.17, 15) is 13.2 Å². The summed E-state index contributed by atoms with van der Waals surface area (Å²) in [5.74, 6) is 0.655. The third-order valence-electron chi connectivity index (χ3n) is 1.79. The molecule has 0 saturated carbocycles. The first-order valence-corrected chi connectivity index (χ1v) is 5.93. The van der Waals surface area contributed by atoms with E-state index in [2.05, 4.69) is 20.7 Å². The van der Waals surface area contributed by atoms with Crippen molar-refractivity contribution in [2.24, 2.45) is 0 Å². The van der Waals surface area contributed by atoms with E-state index in [0.717, 1.165) is 0 Å². The smallest absolute Gasteiger partial charge is 0.490 e. The molecular weight excluding hydrogens is 324 g/mol. The minimum atomic E-state index is -4.63. The zero-order chi connectivity index (χ0) is 12.9. The van der Waals surface area contributed by atoms with Crippen molar-refractivity contribution in [2.75, 3.05) is 13.2 Å². The van der Waals surface area contributed by atoms with Crippen LogP contribution in [0.1, 0.15) is 5.56 Å². The Kier molecular flexibility index (Phi) is 5.55. The molecule has 96 valence electrons. The monoisotopic (exact) mass is 332 g/mol. The number of hydrogen-bond acceptors (Lipinski definition) is 2. The quantitative estimate of drug-likeness (QED) is 0.596. The molecule has 0 atom stereocenters. The first-order valence-electron chi connectivity index (χ1n) is 4.61. The maximum atomic E-state index is 11.7. The Labute approximate surface area is 110 Å². The topological polar surface area (TPSA) is 18.5 Å². The van der Waals surface area contributed by atoms with Crippen LogP contribution in [0.3, 0.4) is 0 Å². The molecule has 0 aliphatic heterocycles. The molecule has 0 unspecified atom stereocenters. The third-order valence-corrected chi connectivity index (χ3v) is 2.70. The minimum absolute atomic E-state index is 0.202. The lowest BCUT2D eigenvalue weighted by atomic mass is 10.2. The van der Waals surface area contributed by atoms with Crippen molar-refractivity contribution in [3.8, 4) is 5.75 Å². The van der Waals surface area contributed by atoms with Crippen LogP contribution in [0.5, 0.6) is 5.75 Å². The predicted octanol–water partition coefficient (Wildman–Crippen LogP) is 4.10. The number of halogens is 5. The first kappa shape index (κ1) is 14.6. The molecule has 1 aromatic carbocycles.